The Bertz CT molecular complexity index is 804. The molecule has 0 radical (unpaired) electrons. The van der Waals surface area contributed by atoms with Gasteiger partial charge in [-0.3, -0.25) is 9.69 Å². The summed E-state index contributed by atoms with van der Waals surface area (Å²) in [4.78, 5) is 17.1. The summed E-state index contributed by atoms with van der Waals surface area (Å²) in [6.07, 6.45) is 1.33. The standard InChI is InChI=1S/C23H30N2O3/c1-17-5-7-18(8-6-17)9-12-23(26)25-14-13-24(2)20(16-25)19-10-11-21(27-3)22(15-19)28-4/h5-8,10-11,15,20H,9,12-14,16H2,1-4H3. The zero-order chi connectivity index (χ0) is 20.1. The highest BCUT2D eigenvalue weighted by Gasteiger charge is 2.28. The van der Waals surface area contributed by atoms with E-state index in [1.807, 2.05) is 17.0 Å². The smallest absolute Gasteiger partial charge is 0.223 e. The number of benzene rings is 2. The van der Waals surface area contributed by atoms with Crippen molar-refractivity contribution in [1.82, 2.24) is 9.80 Å². The molecular formula is C23H30N2O3. The Kier molecular flexibility index (Phi) is 6.57. The van der Waals surface area contributed by atoms with Crippen LogP contribution in [0.5, 0.6) is 11.5 Å². The summed E-state index contributed by atoms with van der Waals surface area (Å²) >= 11 is 0. The molecule has 0 spiro atoms. The third kappa shape index (κ3) is 4.65. The Morgan fingerprint density at radius 1 is 1.04 bits per heavy atom. The second-order valence-corrected chi connectivity index (χ2v) is 7.44. The molecule has 1 unspecified atom stereocenters. The first-order valence-electron chi connectivity index (χ1n) is 9.77. The molecule has 1 saturated heterocycles. The number of hydrogen-bond donors (Lipinski definition) is 0. The molecule has 0 aliphatic carbocycles. The lowest BCUT2D eigenvalue weighted by Gasteiger charge is -2.40. The molecule has 1 heterocycles. The molecule has 0 saturated carbocycles. The fraction of sp³-hybridized carbons (Fsp3) is 0.435. The number of nitrogens with zero attached hydrogens (tertiary/aromatic N) is 2. The number of hydrogen-bond acceptors (Lipinski definition) is 4. The van der Waals surface area contributed by atoms with E-state index in [1.165, 1.54) is 11.1 Å². The Labute approximate surface area is 167 Å². The van der Waals surface area contributed by atoms with E-state index in [4.69, 9.17) is 9.47 Å². The van der Waals surface area contributed by atoms with Gasteiger partial charge in [0, 0.05) is 26.1 Å². The van der Waals surface area contributed by atoms with Crippen molar-refractivity contribution in [2.24, 2.45) is 0 Å². The van der Waals surface area contributed by atoms with Gasteiger partial charge in [0.2, 0.25) is 5.91 Å². The second kappa shape index (κ2) is 9.11. The second-order valence-electron chi connectivity index (χ2n) is 7.44. The van der Waals surface area contributed by atoms with E-state index in [2.05, 4.69) is 49.2 Å². The molecule has 0 N–H and O–H groups in total. The number of aryl methyl sites for hydroxylation is 2. The third-order valence-electron chi connectivity index (χ3n) is 5.54. The van der Waals surface area contributed by atoms with Crippen molar-refractivity contribution in [1.29, 1.82) is 0 Å². The maximum Gasteiger partial charge on any atom is 0.223 e. The molecule has 1 aliphatic heterocycles. The maximum absolute atomic E-state index is 12.8. The highest BCUT2D eigenvalue weighted by atomic mass is 16.5. The van der Waals surface area contributed by atoms with Crippen LogP contribution in [0.2, 0.25) is 0 Å². The van der Waals surface area contributed by atoms with Crippen molar-refractivity contribution in [3.63, 3.8) is 0 Å². The van der Waals surface area contributed by atoms with Gasteiger partial charge in [-0.25, -0.2) is 0 Å². The van der Waals surface area contributed by atoms with Gasteiger partial charge >= 0.3 is 0 Å². The van der Waals surface area contributed by atoms with Crippen LogP contribution in [0, 0.1) is 6.92 Å². The number of likely N-dealkylation sites (N-methyl/N-ethyl adjacent to an activating group) is 1. The molecular weight excluding hydrogens is 352 g/mol. The molecule has 0 aromatic heterocycles. The van der Waals surface area contributed by atoms with E-state index in [0.717, 1.165) is 36.6 Å². The summed E-state index contributed by atoms with van der Waals surface area (Å²) in [7, 11) is 5.39. The number of methoxy groups -OCH3 is 2. The number of ether oxygens (including phenoxy) is 2. The van der Waals surface area contributed by atoms with Gasteiger partial charge in [-0.2, -0.15) is 0 Å². The van der Waals surface area contributed by atoms with Gasteiger partial charge in [0.05, 0.1) is 20.3 Å². The maximum atomic E-state index is 12.8. The van der Waals surface area contributed by atoms with E-state index >= 15 is 0 Å². The Morgan fingerprint density at radius 3 is 2.43 bits per heavy atom. The lowest BCUT2D eigenvalue weighted by Crippen LogP contribution is -2.49. The van der Waals surface area contributed by atoms with Gasteiger partial charge in [-0.15, -0.1) is 0 Å². The van der Waals surface area contributed by atoms with Crippen molar-refractivity contribution < 1.29 is 14.3 Å². The molecule has 1 amide bonds. The number of amides is 1. The molecule has 150 valence electrons. The first-order valence-corrected chi connectivity index (χ1v) is 9.77. The fourth-order valence-electron chi connectivity index (χ4n) is 3.68. The molecule has 1 fully saturated rings. The van der Waals surface area contributed by atoms with Crippen LogP contribution >= 0.6 is 0 Å². The van der Waals surface area contributed by atoms with Crippen LogP contribution in [0.3, 0.4) is 0 Å². The SMILES string of the molecule is COc1ccc(C2CN(C(=O)CCc3ccc(C)cc3)CCN2C)cc1OC. The summed E-state index contributed by atoms with van der Waals surface area (Å²) in [6.45, 7) is 4.40. The van der Waals surface area contributed by atoms with Crippen molar-refractivity contribution in [2.75, 3.05) is 40.9 Å². The summed E-state index contributed by atoms with van der Waals surface area (Å²) in [5.41, 5.74) is 3.59. The fourth-order valence-corrected chi connectivity index (χ4v) is 3.68. The van der Waals surface area contributed by atoms with Crippen LogP contribution in [0.1, 0.15) is 29.2 Å². The average Bonchev–Trinajstić information content (AvgIpc) is 2.73. The van der Waals surface area contributed by atoms with Crippen molar-refractivity contribution in [3.05, 3.63) is 59.2 Å². The molecule has 3 rings (SSSR count). The van der Waals surface area contributed by atoms with E-state index in [1.54, 1.807) is 14.2 Å². The first-order chi connectivity index (χ1) is 13.5. The zero-order valence-electron chi connectivity index (χ0n) is 17.3. The largest absolute Gasteiger partial charge is 0.493 e. The van der Waals surface area contributed by atoms with Gasteiger partial charge in [0.1, 0.15) is 0 Å². The predicted octanol–water partition coefficient (Wildman–Crippen LogP) is 3.46. The van der Waals surface area contributed by atoms with Crippen molar-refractivity contribution >= 4 is 5.91 Å². The topological polar surface area (TPSA) is 42.0 Å². The predicted molar refractivity (Wildman–Crippen MR) is 111 cm³/mol. The first kappa shape index (κ1) is 20.2. The van der Waals surface area contributed by atoms with Crippen LogP contribution in [-0.4, -0.2) is 56.6 Å². The van der Waals surface area contributed by atoms with E-state index in [0.29, 0.717) is 13.0 Å². The minimum absolute atomic E-state index is 0.150. The van der Waals surface area contributed by atoms with Crippen LogP contribution < -0.4 is 9.47 Å². The molecule has 1 atom stereocenters. The van der Waals surface area contributed by atoms with Gasteiger partial charge in [0.15, 0.2) is 11.5 Å². The molecule has 28 heavy (non-hydrogen) atoms. The van der Waals surface area contributed by atoms with Crippen LogP contribution in [0.15, 0.2) is 42.5 Å². The summed E-state index contributed by atoms with van der Waals surface area (Å²) in [5, 5.41) is 0. The van der Waals surface area contributed by atoms with Crippen molar-refractivity contribution in [2.45, 2.75) is 25.8 Å². The van der Waals surface area contributed by atoms with E-state index < -0.39 is 0 Å². The summed E-state index contributed by atoms with van der Waals surface area (Å²) in [6, 6.07) is 14.6. The van der Waals surface area contributed by atoms with Gasteiger partial charge in [-0.1, -0.05) is 35.9 Å². The molecule has 0 bridgehead atoms. The quantitative estimate of drug-likeness (QED) is 0.767. The molecule has 1 aliphatic rings. The summed E-state index contributed by atoms with van der Waals surface area (Å²) in [5.74, 6) is 1.66. The molecule has 2 aromatic rings. The Morgan fingerprint density at radius 2 is 1.75 bits per heavy atom. The summed E-state index contributed by atoms with van der Waals surface area (Å²) < 4.78 is 10.8. The lowest BCUT2D eigenvalue weighted by atomic mass is 10.0. The molecule has 5 heteroatoms. The van der Waals surface area contributed by atoms with Crippen molar-refractivity contribution in [3.8, 4) is 11.5 Å². The number of piperazine rings is 1. The zero-order valence-corrected chi connectivity index (χ0v) is 17.3. The average molecular weight is 383 g/mol. The highest BCUT2D eigenvalue weighted by molar-refractivity contribution is 5.76. The van der Waals surface area contributed by atoms with Gasteiger partial charge < -0.3 is 14.4 Å². The van der Waals surface area contributed by atoms with Crippen LogP contribution in [0.25, 0.3) is 0 Å². The van der Waals surface area contributed by atoms with E-state index in [9.17, 15) is 4.79 Å². The normalized spacial score (nSPS) is 17.4. The molecule has 2 aromatic carbocycles. The lowest BCUT2D eigenvalue weighted by molar-refractivity contribution is -0.134. The Balaban J connectivity index is 1.66. The van der Waals surface area contributed by atoms with Crippen LogP contribution in [-0.2, 0) is 11.2 Å². The number of rotatable bonds is 6. The van der Waals surface area contributed by atoms with Crippen LogP contribution in [0.4, 0.5) is 0 Å². The van der Waals surface area contributed by atoms with E-state index in [-0.39, 0.29) is 11.9 Å². The Hall–Kier alpha value is -2.53. The highest BCUT2D eigenvalue weighted by Crippen LogP contribution is 2.33. The van der Waals surface area contributed by atoms with Gasteiger partial charge in [-0.05, 0) is 43.7 Å². The van der Waals surface area contributed by atoms with Gasteiger partial charge in [0.25, 0.3) is 0 Å². The minimum Gasteiger partial charge on any atom is -0.493 e. The monoisotopic (exact) mass is 382 g/mol. The number of carbonyl (C=O) groups excluding carboxylic acids is 1. The number of carbonyl (C=O) groups is 1. The molecule has 5 nitrogen and oxygen atoms in total. The third-order valence-corrected chi connectivity index (χ3v) is 5.54. The minimum atomic E-state index is 0.150.